The Balaban J connectivity index is 1.27. The number of amides is 2. The zero-order valence-corrected chi connectivity index (χ0v) is 32.2. The molecule has 55 heavy (non-hydrogen) atoms. The van der Waals surface area contributed by atoms with Gasteiger partial charge in [0.25, 0.3) is 0 Å². The highest BCUT2D eigenvalue weighted by atomic mass is 32.3. The molecule has 0 aliphatic heterocycles. The lowest BCUT2D eigenvalue weighted by molar-refractivity contribution is -0.121. The van der Waals surface area contributed by atoms with E-state index in [-0.39, 0.29) is 11.1 Å². The SMILES string of the molecule is CN(C(=O)C(Cc1cc(F)cc(F)c1)NS(=O)(=O)CS(=O)(=O)C[C@@H](Cc1cc(F)cc(F)c1)C(=O)N(C)c1ccc2scnc2c1)c1ccc2scnc2c1. The van der Waals surface area contributed by atoms with E-state index < -0.39 is 90.6 Å². The van der Waals surface area contributed by atoms with Crippen molar-refractivity contribution in [2.24, 2.45) is 5.92 Å². The average molecular weight is 834 g/mol. The van der Waals surface area contributed by atoms with Gasteiger partial charge in [0, 0.05) is 37.6 Å². The minimum atomic E-state index is -4.95. The van der Waals surface area contributed by atoms with Crippen LogP contribution in [0.5, 0.6) is 0 Å². The minimum Gasteiger partial charge on any atom is -0.315 e. The molecule has 6 rings (SSSR count). The van der Waals surface area contributed by atoms with Crippen molar-refractivity contribution in [1.82, 2.24) is 14.7 Å². The number of anilines is 2. The molecule has 0 saturated carbocycles. The lowest BCUT2D eigenvalue weighted by Gasteiger charge is -2.26. The van der Waals surface area contributed by atoms with Crippen LogP contribution in [0.15, 0.2) is 83.8 Å². The molecule has 288 valence electrons. The van der Waals surface area contributed by atoms with Crippen molar-refractivity contribution >= 4 is 86.2 Å². The van der Waals surface area contributed by atoms with Gasteiger partial charge in [0.1, 0.15) is 29.3 Å². The Hall–Kier alpha value is -4.82. The Morgan fingerprint density at radius 2 is 1.13 bits per heavy atom. The number of aromatic nitrogens is 2. The van der Waals surface area contributed by atoms with E-state index >= 15 is 0 Å². The lowest BCUT2D eigenvalue weighted by Crippen LogP contribution is -2.50. The molecule has 0 saturated heterocycles. The number of thiazole rings is 2. The number of hydrogen-bond donors (Lipinski definition) is 1. The van der Waals surface area contributed by atoms with E-state index in [9.17, 15) is 44.0 Å². The van der Waals surface area contributed by atoms with E-state index in [4.69, 9.17) is 0 Å². The molecule has 2 atom stereocenters. The second-order valence-electron chi connectivity index (χ2n) is 12.8. The summed E-state index contributed by atoms with van der Waals surface area (Å²) < 4.78 is 115. The van der Waals surface area contributed by atoms with Crippen molar-refractivity contribution in [2.45, 2.75) is 18.9 Å². The Bertz CT molecular complexity index is 2420. The maximum atomic E-state index is 14.2. The van der Waals surface area contributed by atoms with Crippen molar-refractivity contribution in [2.75, 3.05) is 34.7 Å². The first-order valence-corrected chi connectivity index (χ1v) is 21.5. The van der Waals surface area contributed by atoms with E-state index in [1.165, 1.54) is 36.8 Å². The molecule has 4 aromatic carbocycles. The molecule has 0 aliphatic carbocycles. The van der Waals surface area contributed by atoms with Gasteiger partial charge in [0.15, 0.2) is 14.9 Å². The summed E-state index contributed by atoms with van der Waals surface area (Å²) in [5, 5.41) is -1.61. The van der Waals surface area contributed by atoms with Crippen molar-refractivity contribution in [3.8, 4) is 0 Å². The summed E-state index contributed by atoms with van der Waals surface area (Å²) in [6, 6.07) is 12.9. The van der Waals surface area contributed by atoms with Crippen molar-refractivity contribution in [1.29, 1.82) is 0 Å². The third kappa shape index (κ3) is 9.90. The number of hydrogen-bond acceptors (Lipinski definition) is 10. The van der Waals surface area contributed by atoms with Gasteiger partial charge >= 0.3 is 0 Å². The van der Waals surface area contributed by atoms with Gasteiger partial charge in [-0.1, -0.05) is 0 Å². The van der Waals surface area contributed by atoms with Crippen LogP contribution in [-0.2, 0) is 42.3 Å². The van der Waals surface area contributed by atoms with Crippen LogP contribution < -0.4 is 14.5 Å². The van der Waals surface area contributed by atoms with Crippen LogP contribution in [0.3, 0.4) is 0 Å². The van der Waals surface area contributed by atoms with Gasteiger partial charge < -0.3 is 9.80 Å². The van der Waals surface area contributed by atoms with Crippen LogP contribution in [0.1, 0.15) is 11.1 Å². The number of rotatable bonds is 14. The summed E-state index contributed by atoms with van der Waals surface area (Å²) in [6.45, 7) is 0. The molecule has 1 unspecified atom stereocenters. The highest BCUT2D eigenvalue weighted by molar-refractivity contribution is 8.07. The third-order valence-electron chi connectivity index (χ3n) is 8.59. The summed E-state index contributed by atoms with van der Waals surface area (Å²) in [6.07, 6.45) is -1.06. The number of nitrogens with one attached hydrogen (secondary N) is 1. The molecule has 0 radical (unpaired) electrons. The Kier molecular flexibility index (Phi) is 11.7. The molecular weight excluding hydrogens is 803 g/mol. The topological polar surface area (TPSA) is 147 Å². The quantitative estimate of drug-likeness (QED) is 0.135. The smallest absolute Gasteiger partial charge is 0.245 e. The molecule has 2 heterocycles. The first-order chi connectivity index (χ1) is 25.9. The van der Waals surface area contributed by atoms with Gasteiger partial charge in [-0.25, -0.2) is 49.1 Å². The summed E-state index contributed by atoms with van der Waals surface area (Å²) in [4.78, 5) is 38.5. The predicted molar refractivity (Wildman–Crippen MR) is 204 cm³/mol. The van der Waals surface area contributed by atoms with E-state index in [1.54, 1.807) is 47.4 Å². The van der Waals surface area contributed by atoms with E-state index in [0.717, 1.165) is 43.5 Å². The first-order valence-electron chi connectivity index (χ1n) is 16.3. The summed E-state index contributed by atoms with van der Waals surface area (Å²) in [5.41, 5.74) is 4.80. The van der Waals surface area contributed by atoms with Crippen LogP contribution in [0, 0.1) is 29.2 Å². The highest BCUT2D eigenvalue weighted by Gasteiger charge is 2.35. The molecule has 0 bridgehead atoms. The normalized spacial score (nSPS) is 13.2. The van der Waals surface area contributed by atoms with Gasteiger partial charge in [-0.05, 0) is 84.6 Å². The van der Waals surface area contributed by atoms with Gasteiger partial charge in [-0.2, -0.15) is 0 Å². The fourth-order valence-electron chi connectivity index (χ4n) is 6.09. The fraction of sp³-hybridized carbons (Fsp3) is 0.222. The number of likely N-dealkylation sites (N-methyl/N-ethyl adjacent to an activating group) is 1. The number of carbonyl (C=O) groups excluding carboxylic acids is 2. The van der Waals surface area contributed by atoms with Crippen molar-refractivity contribution < 1.29 is 44.0 Å². The zero-order valence-electron chi connectivity index (χ0n) is 28.9. The molecule has 0 fully saturated rings. The van der Waals surface area contributed by atoms with Gasteiger partial charge in [0.2, 0.25) is 21.8 Å². The number of carbonyl (C=O) groups is 2. The van der Waals surface area contributed by atoms with Crippen LogP contribution in [0.25, 0.3) is 20.4 Å². The molecule has 1 N–H and O–H groups in total. The Morgan fingerprint density at radius 1 is 0.673 bits per heavy atom. The number of nitrogens with zero attached hydrogens (tertiary/aromatic N) is 4. The number of sulfonamides is 1. The molecular formula is C36H31F4N5O6S4. The lowest BCUT2D eigenvalue weighted by atomic mass is 9.99. The van der Waals surface area contributed by atoms with Gasteiger partial charge in [-0.15, -0.1) is 22.7 Å². The fourth-order valence-corrected chi connectivity index (χ4v) is 11.4. The summed E-state index contributed by atoms with van der Waals surface area (Å²) in [7, 11) is -7.00. The van der Waals surface area contributed by atoms with Crippen LogP contribution in [0.4, 0.5) is 28.9 Å². The van der Waals surface area contributed by atoms with Crippen LogP contribution in [-0.4, -0.2) is 69.6 Å². The molecule has 2 amide bonds. The Morgan fingerprint density at radius 3 is 1.62 bits per heavy atom. The van der Waals surface area contributed by atoms with Crippen molar-refractivity contribution in [3.63, 3.8) is 0 Å². The van der Waals surface area contributed by atoms with Crippen LogP contribution >= 0.6 is 22.7 Å². The maximum absolute atomic E-state index is 14.2. The Labute approximate surface area is 321 Å². The monoisotopic (exact) mass is 833 g/mol. The third-order valence-corrected chi connectivity index (χ3v) is 14.4. The van der Waals surface area contributed by atoms with E-state index in [1.807, 2.05) is 0 Å². The summed E-state index contributed by atoms with van der Waals surface area (Å²) in [5.74, 6) is -8.20. The number of sulfone groups is 1. The molecule has 19 heteroatoms. The second-order valence-corrected chi connectivity index (χ2v) is 18.8. The van der Waals surface area contributed by atoms with Gasteiger partial charge in [-0.3, -0.25) is 9.59 Å². The van der Waals surface area contributed by atoms with Crippen LogP contribution in [0.2, 0.25) is 0 Å². The highest BCUT2D eigenvalue weighted by Crippen LogP contribution is 2.27. The molecule has 2 aromatic heterocycles. The second kappa shape index (κ2) is 16.1. The molecule has 0 aliphatic rings. The molecule has 6 aromatic rings. The average Bonchev–Trinajstić information content (AvgIpc) is 3.77. The number of benzene rings is 4. The molecule has 0 spiro atoms. The maximum Gasteiger partial charge on any atom is 0.245 e. The minimum absolute atomic E-state index is 0.0535. The summed E-state index contributed by atoms with van der Waals surface area (Å²) >= 11 is 2.72. The van der Waals surface area contributed by atoms with Gasteiger partial charge in [0.05, 0.1) is 43.1 Å². The standard InChI is InChI=1S/C36H31F4N5O6S4/c1-44(28-3-5-33-30(15-28)41-18-52-33)35(46)23(7-21-8-24(37)13-25(38)9-21)17-54(48,49)20-55(50,51)43-32(12-22-10-26(39)14-27(40)11-22)36(47)45(2)29-4-6-34-31(16-29)42-19-53-34/h3-6,8-11,13-16,18-19,23,32,43H,7,12,17,20H2,1-2H3/t23-,32?/m1/s1. The number of fused-ring (bicyclic) bond motifs is 2. The predicted octanol–water partition coefficient (Wildman–Crippen LogP) is 5.85. The van der Waals surface area contributed by atoms with E-state index in [2.05, 4.69) is 14.7 Å². The van der Waals surface area contributed by atoms with E-state index in [0.29, 0.717) is 34.5 Å². The largest absolute Gasteiger partial charge is 0.315 e. The first kappa shape index (κ1) is 39.9. The van der Waals surface area contributed by atoms with Crippen molar-refractivity contribution in [3.05, 3.63) is 118 Å². The molecule has 11 nitrogen and oxygen atoms in total. The number of halogens is 4. The zero-order chi connectivity index (χ0) is 39.7.